The molecular weight excluding hydrogens is 230 g/mol. The average Bonchev–Trinajstić information content (AvgIpc) is 2.84. The smallest absolute Gasteiger partial charge is 0.278 e. The van der Waals surface area contributed by atoms with Gasteiger partial charge in [-0.1, -0.05) is 23.4 Å². The Morgan fingerprint density at radius 1 is 1.33 bits per heavy atom. The third kappa shape index (κ3) is 2.00. The average molecular weight is 243 g/mol. The van der Waals surface area contributed by atoms with Crippen molar-refractivity contribution in [3.8, 4) is 0 Å². The van der Waals surface area contributed by atoms with Gasteiger partial charge in [0.15, 0.2) is 5.69 Å². The molecule has 0 radical (unpaired) electrons. The van der Waals surface area contributed by atoms with Gasteiger partial charge in [0.25, 0.3) is 5.91 Å². The summed E-state index contributed by atoms with van der Waals surface area (Å²) in [6.07, 6.45) is 0.779. The molecule has 1 aliphatic heterocycles. The van der Waals surface area contributed by atoms with E-state index in [1.165, 1.54) is 0 Å². The Morgan fingerprint density at radius 2 is 2.17 bits per heavy atom. The van der Waals surface area contributed by atoms with Gasteiger partial charge in [-0.25, -0.2) is 0 Å². The maximum atomic E-state index is 12.1. The summed E-state index contributed by atoms with van der Waals surface area (Å²) >= 11 is 0. The molecule has 1 aromatic carbocycles. The number of anilines is 1. The lowest BCUT2D eigenvalue weighted by atomic mass is 10.1. The summed E-state index contributed by atoms with van der Waals surface area (Å²) in [6, 6.07) is 9.31. The van der Waals surface area contributed by atoms with Crippen LogP contribution in [0.4, 0.5) is 5.69 Å². The molecule has 0 fully saturated rings. The van der Waals surface area contributed by atoms with Crippen molar-refractivity contribution in [1.29, 1.82) is 0 Å². The number of rotatable bonds is 2. The van der Waals surface area contributed by atoms with E-state index < -0.39 is 0 Å². The molecule has 1 amide bonds. The first-order valence-electron chi connectivity index (χ1n) is 5.89. The molecule has 0 spiro atoms. The van der Waals surface area contributed by atoms with E-state index in [0.717, 1.165) is 30.0 Å². The SMILES string of the molecule is O=C(Nc1ccccc1)c1noc2c1CNCC2. The quantitative estimate of drug-likeness (QED) is 0.840. The van der Waals surface area contributed by atoms with Crippen LogP contribution >= 0.6 is 0 Å². The molecule has 0 aliphatic carbocycles. The fourth-order valence-electron chi connectivity index (χ4n) is 2.03. The molecule has 0 saturated heterocycles. The van der Waals surface area contributed by atoms with Crippen molar-refractivity contribution < 1.29 is 9.32 Å². The molecule has 18 heavy (non-hydrogen) atoms. The second-order valence-corrected chi connectivity index (χ2v) is 4.18. The predicted molar refractivity (Wildman–Crippen MR) is 66.3 cm³/mol. The van der Waals surface area contributed by atoms with Crippen LogP contribution in [0.25, 0.3) is 0 Å². The van der Waals surface area contributed by atoms with Crippen LogP contribution in [0.1, 0.15) is 21.8 Å². The van der Waals surface area contributed by atoms with E-state index in [9.17, 15) is 4.79 Å². The summed E-state index contributed by atoms with van der Waals surface area (Å²) in [5.41, 5.74) is 2.00. The van der Waals surface area contributed by atoms with Gasteiger partial charge in [0.1, 0.15) is 5.76 Å². The van der Waals surface area contributed by atoms with Crippen molar-refractivity contribution in [1.82, 2.24) is 10.5 Å². The van der Waals surface area contributed by atoms with Gasteiger partial charge in [0.2, 0.25) is 0 Å². The Hall–Kier alpha value is -2.14. The minimum absolute atomic E-state index is 0.227. The van der Waals surface area contributed by atoms with Crippen molar-refractivity contribution in [2.45, 2.75) is 13.0 Å². The van der Waals surface area contributed by atoms with E-state index in [-0.39, 0.29) is 5.91 Å². The van der Waals surface area contributed by atoms with E-state index in [4.69, 9.17) is 4.52 Å². The molecule has 3 rings (SSSR count). The molecule has 2 N–H and O–H groups in total. The van der Waals surface area contributed by atoms with Crippen LogP contribution in [0.5, 0.6) is 0 Å². The first-order valence-corrected chi connectivity index (χ1v) is 5.89. The highest BCUT2D eigenvalue weighted by Crippen LogP contribution is 2.19. The zero-order valence-electron chi connectivity index (χ0n) is 9.77. The molecule has 1 aromatic heterocycles. The number of benzene rings is 1. The maximum absolute atomic E-state index is 12.1. The number of aromatic nitrogens is 1. The predicted octanol–water partition coefficient (Wildman–Crippen LogP) is 1.57. The van der Waals surface area contributed by atoms with Crippen molar-refractivity contribution in [2.75, 3.05) is 11.9 Å². The topological polar surface area (TPSA) is 67.2 Å². The summed E-state index contributed by atoms with van der Waals surface area (Å²) in [5, 5.41) is 9.88. The summed E-state index contributed by atoms with van der Waals surface area (Å²) in [4.78, 5) is 12.1. The molecular formula is C13H13N3O2. The van der Waals surface area contributed by atoms with E-state index in [0.29, 0.717) is 12.2 Å². The molecule has 0 saturated carbocycles. The molecule has 1 aliphatic rings. The van der Waals surface area contributed by atoms with Crippen LogP contribution in [-0.2, 0) is 13.0 Å². The van der Waals surface area contributed by atoms with E-state index in [1.54, 1.807) is 0 Å². The number of nitrogens with zero attached hydrogens (tertiary/aromatic N) is 1. The second-order valence-electron chi connectivity index (χ2n) is 4.18. The molecule has 2 heterocycles. The van der Waals surface area contributed by atoms with E-state index in [1.807, 2.05) is 30.3 Å². The lowest BCUT2D eigenvalue weighted by molar-refractivity contribution is 0.101. The van der Waals surface area contributed by atoms with Gasteiger partial charge in [-0.05, 0) is 12.1 Å². The Balaban J connectivity index is 1.83. The summed E-state index contributed by atoms with van der Waals surface area (Å²) in [6.45, 7) is 1.50. The van der Waals surface area contributed by atoms with Crippen molar-refractivity contribution in [2.24, 2.45) is 0 Å². The number of amides is 1. The number of carbonyl (C=O) groups excluding carboxylic acids is 1. The fourth-order valence-corrected chi connectivity index (χ4v) is 2.03. The monoisotopic (exact) mass is 243 g/mol. The zero-order valence-corrected chi connectivity index (χ0v) is 9.77. The molecule has 2 aromatic rings. The minimum atomic E-state index is -0.227. The van der Waals surface area contributed by atoms with Crippen LogP contribution in [0.15, 0.2) is 34.9 Å². The highest BCUT2D eigenvalue weighted by atomic mass is 16.5. The third-order valence-electron chi connectivity index (χ3n) is 2.95. The Labute approximate surface area is 104 Å². The van der Waals surface area contributed by atoms with Crippen molar-refractivity contribution in [3.63, 3.8) is 0 Å². The minimum Gasteiger partial charge on any atom is -0.360 e. The largest absolute Gasteiger partial charge is 0.360 e. The van der Waals surface area contributed by atoms with Gasteiger partial charge in [0, 0.05) is 30.8 Å². The maximum Gasteiger partial charge on any atom is 0.278 e. The van der Waals surface area contributed by atoms with Gasteiger partial charge in [0.05, 0.1) is 0 Å². The Bertz CT molecular complexity index is 563. The zero-order chi connectivity index (χ0) is 12.4. The lowest BCUT2D eigenvalue weighted by Gasteiger charge is -2.11. The number of fused-ring (bicyclic) bond motifs is 1. The summed E-state index contributed by atoms with van der Waals surface area (Å²) < 4.78 is 5.20. The molecule has 5 heteroatoms. The Kier molecular flexibility index (Phi) is 2.82. The van der Waals surface area contributed by atoms with Crippen LogP contribution in [0.3, 0.4) is 0 Å². The van der Waals surface area contributed by atoms with Gasteiger partial charge in [-0.3, -0.25) is 4.79 Å². The number of nitrogens with one attached hydrogen (secondary N) is 2. The number of carbonyl (C=O) groups is 1. The van der Waals surface area contributed by atoms with Gasteiger partial charge in [-0.15, -0.1) is 0 Å². The van der Waals surface area contributed by atoms with Crippen LogP contribution in [0.2, 0.25) is 0 Å². The van der Waals surface area contributed by atoms with Gasteiger partial charge in [-0.2, -0.15) is 0 Å². The molecule has 92 valence electrons. The summed E-state index contributed by atoms with van der Waals surface area (Å²) in [7, 11) is 0. The van der Waals surface area contributed by atoms with Gasteiger partial charge < -0.3 is 15.2 Å². The lowest BCUT2D eigenvalue weighted by Crippen LogP contribution is -2.25. The van der Waals surface area contributed by atoms with E-state index in [2.05, 4.69) is 15.8 Å². The fraction of sp³-hybridized carbons (Fsp3) is 0.231. The van der Waals surface area contributed by atoms with Crippen LogP contribution in [0, 0.1) is 0 Å². The molecule has 0 atom stereocenters. The highest BCUT2D eigenvalue weighted by Gasteiger charge is 2.23. The van der Waals surface area contributed by atoms with Crippen LogP contribution in [-0.4, -0.2) is 17.6 Å². The third-order valence-corrected chi connectivity index (χ3v) is 2.95. The van der Waals surface area contributed by atoms with Crippen LogP contribution < -0.4 is 10.6 Å². The van der Waals surface area contributed by atoms with Crippen molar-refractivity contribution in [3.05, 3.63) is 47.3 Å². The normalized spacial score (nSPS) is 14.0. The summed E-state index contributed by atoms with van der Waals surface area (Å²) in [5.74, 6) is 0.585. The number of hydrogen-bond donors (Lipinski definition) is 2. The first kappa shape index (κ1) is 11.0. The highest BCUT2D eigenvalue weighted by molar-refractivity contribution is 6.03. The molecule has 0 unspecified atom stereocenters. The first-order chi connectivity index (χ1) is 8.84. The Morgan fingerprint density at radius 3 is 3.00 bits per heavy atom. The second kappa shape index (κ2) is 4.62. The standard InChI is InChI=1S/C13H13N3O2/c17-13(15-9-4-2-1-3-5-9)12-10-8-14-7-6-11(10)18-16-12/h1-5,14H,6-8H2,(H,15,17). The van der Waals surface area contributed by atoms with Crippen molar-refractivity contribution >= 4 is 11.6 Å². The number of hydrogen-bond acceptors (Lipinski definition) is 4. The van der Waals surface area contributed by atoms with Gasteiger partial charge >= 0.3 is 0 Å². The molecule has 5 nitrogen and oxygen atoms in total. The molecule has 0 bridgehead atoms. The number of para-hydroxylation sites is 1. The van der Waals surface area contributed by atoms with E-state index >= 15 is 0 Å².